The van der Waals surface area contributed by atoms with Crippen molar-refractivity contribution in [3.05, 3.63) is 0 Å². The summed E-state index contributed by atoms with van der Waals surface area (Å²) in [4.78, 5) is 36.6. The molecule has 0 radical (unpaired) electrons. The maximum atomic E-state index is 12.9. The second-order valence-corrected chi connectivity index (χ2v) is 8.22. The summed E-state index contributed by atoms with van der Waals surface area (Å²) in [5.74, 6) is -0.507. The number of ether oxygens (including phenoxy) is 3. The predicted molar refractivity (Wildman–Crippen MR) is 86.1 cm³/mol. The summed E-state index contributed by atoms with van der Waals surface area (Å²) in [7, 11) is 1.25. The van der Waals surface area contributed by atoms with Crippen molar-refractivity contribution in [2.24, 2.45) is 35.5 Å². The largest absolute Gasteiger partial charge is 0.466 e. The smallest absolute Gasteiger partial charge is 0.344 e. The predicted octanol–water partition coefficient (Wildman–Crippen LogP) is 2.10. The van der Waals surface area contributed by atoms with Gasteiger partial charge in [0.15, 0.2) is 6.61 Å². The van der Waals surface area contributed by atoms with E-state index in [0.717, 1.165) is 32.1 Å². The van der Waals surface area contributed by atoms with E-state index in [1.807, 2.05) is 0 Å². The van der Waals surface area contributed by atoms with Gasteiger partial charge in [0.25, 0.3) is 0 Å². The lowest BCUT2D eigenvalue weighted by atomic mass is 9.79. The molecule has 6 nitrogen and oxygen atoms in total. The monoisotopic (exact) mass is 350 g/mol. The van der Waals surface area contributed by atoms with E-state index in [2.05, 4.69) is 4.74 Å². The first-order valence-electron chi connectivity index (χ1n) is 9.50. The highest BCUT2D eigenvalue weighted by Gasteiger charge is 2.56. The molecule has 0 aliphatic heterocycles. The van der Waals surface area contributed by atoms with Crippen molar-refractivity contribution in [2.75, 3.05) is 13.7 Å². The number of rotatable bonds is 5. The molecule has 0 aromatic heterocycles. The molecule has 4 aliphatic carbocycles. The Morgan fingerprint density at radius 3 is 2.12 bits per heavy atom. The van der Waals surface area contributed by atoms with Crippen molar-refractivity contribution < 1.29 is 28.6 Å². The van der Waals surface area contributed by atoms with E-state index in [-0.39, 0.29) is 23.9 Å². The Bertz CT molecular complexity index is 572. The van der Waals surface area contributed by atoms with Crippen LogP contribution in [0.2, 0.25) is 0 Å². The minimum absolute atomic E-state index is 0.0390. The Morgan fingerprint density at radius 2 is 1.52 bits per heavy atom. The van der Waals surface area contributed by atoms with Gasteiger partial charge >= 0.3 is 17.9 Å². The highest BCUT2D eigenvalue weighted by molar-refractivity contribution is 5.85. The molecule has 7 atom stereocenters. The van der Waals surface area contributed by atoms with Gasteiger partial charge in [-0.15, -0.1) is 0 Å². The van der Waals surface area contributed by atoms with Gasteiger partial charge in [-0.25, -0.2) is 4.79 Å². The molecule has 4 aliphatic rings. The molecular weight excluding hydrogens is 324 g/mol. The third-order valence-electron chi connectivity index (χ3n) is 6.96. The Labute approximate surface area is 147 Å². The third kappa shape index (κ3) is 3.04. The summed E-state index contributed by atoms with van der Waals surface area (Å²) < 4.78 is 15.5. The van der Waals surface area contributed by atoms with Crippen molar-refractivity contribution in [3.63, 3.8) is 0 Å². The van der Waals surface area contributed by atoms with Crippen LogP contribution in [0.25, 0.3) is 0 Å². The number of methoxy groups -OCH3 is 1. The minimum atomic E-state index is -0.586. The lowest BCUT2D eigenvalue weighted by Crippen LogP contribution is -2.39. The lowest BCUT2D eigenvalue weighted by molar-refractivity contribution is -0.170. The molecule has 0 heterocycles. The average molecular weight is 350 g/mol. The lowest BCUT2D eigenvalue weighted by Gasteiger charge is -2.30. The van der Waals surface area contributed by atoms with Crippen LogP contribution in [0.4, 0.5) is 0 Å². The maximum Gasteiger partial charge on any atom is 0.344 e. The van der Waals surface area contributed by atoms with Crippen molar-refractivity contribution in [2.45, 2.75) is 51.0 Å². The minimum Gasteiger partial charge on any atom is -0.466 e. The van der Waals surface area contributed by atoms with Crippen LogP contribution in [0.3, 0.4) is 0 Å². The highest BCUT2D eigenvalue weighted by Crippen LogP contribution is 2.54. The van der Waals surface area contributed by atoms with E-state index in [0.29, 0.717) is 11.8 Å². The zero-order chi connectivity index (χ0) is 17.6. The third-order valence-corrected chi connectivity index (χ3v) is 6.96. The van der Waals surface area contributed by atoms with Crippen LogP contribution in [0.5, 0.6) is 0 Å². The van der Waals surface area contributed by atoms with E-state index in [4.69, 9.17) is 9.47 Å². The van der Waals surface area contributed by atoms with E-state index < -0.39 is 30.4 Å². The van der Waals surface area contributed by atoms with Crippen LogP contribution in [-0.2, 0) is 28.6 Å². The summed E-state index contributed by atoms with van der Waals surface area (Å²) in [6, 6.07) is 0. The SMILES string of the molecule is COC(=O)COC(=O)C1C2CCC(C2)C1C(=O)OC1CC2CCC1C2. The topological polar surface area (TPSA) is 78.9 Å². The maximum absolute atomic E-state index is 12.9. The van der Waals surface area contributed by atoms with Gasteiger partial charge < -0.3 is 14.2 Å². The zero-order valence-electron chi connectivity index (χ0n) is 14.6. The van der Waals surface area contributed by atoms with Gasteiger partial charge in [0, 0.05) is 0 Å². The normalized spacial score (nSPS) is 40.9. The fourth-order valence-electron chi connectivity index (χ4n) is 5.81. The number of hydrogen-bond acceptors (Lipinski definition) is 6. The van der Waals surface area contributed by atoms with Crippen molar-refractivity contribution in [3.8, 4) is 0 Å². The van der Waals surface area contributed by atoms with Crippen molar-refractivity contribution in [1.29, 1.82) is 0 Å². The summed E-state index contributed by atoms with van der Waals surface area (Å²) in [5, 5.41) is 0. The summed E-state index contributed by atoms with van der Waals surface area (Å²) in [6.07, 6.45) is 7.42. The first-order chi connectivity index (χ1) is 12.1. The van der Waals surface area contributed by atoms with Gasteiger partial charge in [-0.1, -0.05) is 0 Å². The highest BCUT2D eigenvalue weighted by atomic mass is 16.6. The molecule has 4 fully saturated rings. The Morgan fingerprint density at radius 1 is 0.840 bits per heavy atom. The fraction of sp³-hybridized carbons (Fsp3) is 0.842. The van der Waals surface area contributed by atoms with Crippen LogP contribution in [-0.4, -0.2) is 37.7 Å². The molecule has 0 N–H and O–H groups in total. The van der Waals surface area contributed by atoms with E-state index >= 15 is 0 Å². The molecule has 6 heteroatoms. The first-order valence-corrected chi connectivity index (χ1v) is 9.50. The molecule has 7 unspecified atom stereocenters. The summed E-state index contributed by atoms with van der Waals surface area (Å²) >= 11 is 0. The van der Waals surface area contributed by atoms with Crippen molar-refractivity contribution in [1.82, 2.24) is 0 Å². The van der Waals surface area contributed by atoms with E-state index in [9.17, 15) is 14.4 Å². The Hall–Kier alpha value is -1.59. The average Bonchev–Trinajstić information content (AvgIpc) is 3.38. The molecule has 4 bridgehead atoms. The second kappa shape index (κ2) is 6.61. The van der Waals surface area contributed by atoms with Crippen LogP contribution in [0.1, 0.15) is 44.9 Å². The zero-order valence-corrected chi connectivity index (χ0v) is 14.6. The summed E-state index contributed by atoms with van der Waals surface area (Å²) in [5.41, 5.74) is 0. The molecular formula is C19H26O6. The first kappa shape index (κ1) is 16.9. The van der Waals surface area contributed by atoms with Gasteiger partial charge in [-0.3, -0.25) is 9.59 Å². The Kier molecular flexibility index (Phi) is 4.46. The fourth-order valence-corrected chi connectivity index (χ4v) is 5.81. The molecule has 4 rings (SSSR count). The van der Waals surface area contributed by atoms with E-state index in [1.165, 1.54) is 20.0 Å². The number of esters is 3. The molecule has 25 heavy (non-hydrogen) atoms. The van der Waals surface area contributed by atoms with Crippen LogP contribution < -0.4 is 0 Å². The van der Waals surface area contributed by atoms with Crippen LogP contribution in [0, 0.1) is 35.5 Å². The van der Waals surface area contributed by atoms with Crippen LogP contribution >= 0.6 is 0 Å². The van der Waals surface area contributed by atoms with Gasteiger partial charge in [-0.2, -0.15) is 0 Å². The number of hydrogen-bond donors (Lipinski definition) is 0. The molecule has 0 spiro atoms. The standard InChI is InChI=1S/C19H26O6/c1-23-15(20)9-24-18(21)16-12-4-5-13(8-12)17(16)19(22)25-14-7-10-2-3-11(14)6-10/h10-14,16-17H,2-9H2,1H3. The molecule has 0 amide bonds. The Balaban J connectivity index is 1.40. The van der Waals surface area contributed by atoms with E-state index in [1.54, 1.807) is 0 Å². The van der Waals surface area contributed by atoms with Gasteiger partial charge in [0.1, 0.15) is 6.10 Å². The van der Waals surface area contributed by atoms with Gasteiger partial charge in [-0.05, 0) is 68.6 Å². The van der Waals surface area contributed by atoms with Gasteiger partial charge in [0.2, 0.25) is 0 Å². The molecule has 4 saturated carbocycles. The number of carbonyl (C=O) groups is 3. The van der Waals surface area contributed by atoms with Gasteiger partial charge in [0.05, 0.1) is 18.9 Å². The van der Waals surface area contributed by atoms with Crippen molar-refractivity contribution >= 4 is 17.9 Å². The number of carbonyl (C=O) groups excluding carboxylic acids is 3. The molecule has 0 aromatic carbocycles. The van der Waals surface area contributed by atoms with Crippen LogP contribution in [0.15, 0.2) is 0 Å². The summed E-state index contributed by atoms with van der Waals surface area (Å²) in [6.45, 7) is -0.392. The second-order valence-electron chi connectivity index (χ2n) is 8.22. The molecule has 0 saturated heterocycles. The number of fused-ring (bicyclic) bond motifs is 4. The molecule has 138 valence electrons. The quantitative estimate of drug-likeness (QED) is 0.558. The molecule has 0 aromatic rings.